The highest BCUT2D eigenvalue weighted by Gasteiger charge is 2.15. The maximum Gasteiger partial charge on any atom is 0.311 e. The van der Waals surface area contributed by atoms with Crippen LogP contribution in [-0.2, 0) is 16.2 Å². The van der Waals surface area contributed by atoms with Crippen molar-refractivity contribution in [2.24, 2.45) is 0 Å². The van der Waals surface area contributed by atoms with Gasteiger partial charge in [0.1, 0.15) is 35.7 Å². The van der Waals surface area contributed by atoms with Gasteiger partial charge in [-0.05, 0) is 42.7 Å². The third-order valence-corrected chi connectivity index (χ3v) is 9.44. The van der Waals surface area contributed by atoms with E-state index in [1.165, 1.54) is 89.2 Å². The standard InChI is InChI=1S/C46H64O7/c1-3-5-7-9-11-13-15-17-22-26-45(49)52-40-30-28-38(44(35-40)53-46(50)27-23-18-16-14-12-10-8-6-4-2)29-33-42(47)41-32-31-39(34-43(41)48)51-36-37-24-20-19-21-25-37/h19-21,24-25,28-35,42,47-48H,3-18,22-23,26-27,36H2,1-2H3. The highest BCUT2D eigenvalue weighted by Crippen LogP contribution is 2.32. The third kappa shape index (κ3) is 18.5. The van der Waals surface area contributed by atoms with Crippen molar-refractivity contribution < 1.29 is 34.0 Å². The molecule has 0 aromatic heterocycles. The van der Waals surface area contributed by atoms with E-state index in [1.54, 1.807) is 36.4 Å². The first-order chi connectivity index (χ1) is 25.9. The Labute approximate surface area is 318 Å². The molecular formula is C46H64O7. The minimum Gasteiger partial charge on any atom is -0.507 e. The molecule has 1 unspecified atom stereocenters. The number of aliphatic hydroxyl groups is 1. The number of carbonyl (C=O) groups is 2. The molecule has 0 radical (unpaired) electrons. The van der Waals surface area contributed by atoms with Gasteiger partial charge in [-0.25, -0.2) is 0 Å². The lowest BCUT2D eigenvalue weighted by atomic mass is 10.1. The van der Waals surface area contributed by atoms with E-state index in [0.717, 1.165) is 44.1 Å². The molecule has 3 aromatic rings. The van der Waals surface area contributed by atoms with Crippen LogP contribution < -0.4 is 14.2 Å². The van der Waals surface area contributed by atoms with Crippen LogP contribution in [0.2, 0.25) is 0 Å². The topological polar surface area (TPSA) is 102 Å². The highest BCUT2D eigenvalue weighted by molar-refractivity contribution is 5.76. The zero-order valence-electron chi connectivity index (χ0n) is 32.4. The predicted molar refractivity (Wildman–Crippen MR) is 214 cm³/mol. The van der Waals surface area contributed by atoms with Gasteiger partial charge in [-0.15, -0.1) is 0 Å². The Bertz CT molecular complexity index is 1480. The second-order valence-electron chi connectivity index (χ2n) is 14.1. The van der Waals surface area contributed by atoms with E-state index in [0.29, 0.717) is 35.7 Å². The second kappa shape index (κ2) is 26.6. The van der Waals surface area contributed by atoms with Crippen LogP contribution in [0.25, 0.3) is 6.08 Å². The molecule has 2 N–H and O–H groups in total. The van der Waals surface area contributed by atoms with Crippen LogP contribution in [0.4, 0.5) is 0 Å². The summed E-state index contributed by atoms with van der Waals surface area (Å²) < 4.78 is 17.3. The average Bonchev–Trinajstić information content (AvgIpc) is 3.15. The van der Waals surface area contributed by atoms with E-state index in [9.17, 15) is 19.8 Å². The van der Waals surface area contributed by atoms with Crippen molar-refractivity contribution >= 4 is 18.0 Å². The fourth-order valence-electron chi connectivity index (χ4n) is 6.22. The van der Waals surface area contributed by atoms with Gasteiger partial charge in [-0.3, -0.25) is 9.59 Å². The van der Waals surface area contributed by atoms with Crippen molar-refractivity contribution in [3.8, 4) is 23.0 Å². The summed E-state index contributed by atoms with van der Waals surface area (Å²) in [6, 6.07) is 19.4. The van der Waals surface area contributed by atoms with E-state index in [-0.39, 0.29) is 29.9 Å². The minimum absolute atomic E-state index is 0.102. The maximum atomic E-state index is 12.9. The molecule has 0 aliphatic heterocycles. The Balaban J connectivity index is 1.58. The Morgan fingerprint density at radius 3 is 1.72 bits per heavy atom. The molecule has 0 amide bonds. The van der Waals surface area contributed by atoms with Gasteiger partial charge in [-0.1, -0.05) is 159 Å². The number of hydrogen-bond acceptors (Lipinski definition) is 7. The number of phenols is 1. The number of unbranched alkanes of at least 4 members (excludes halogenated alkanes) is 16. The summed E-state index contributed by atoms with van der Waals surface area (Å²) in [5.41, 5.74) is 1.84. The Morgan fingerprint density at radius 1 is 0.623 bits per heavy atom. The van der Waals surface area contributed by atoms with Crippen LogP contribution >= 0.6 is 0 Å². The van der Waals surface area contributed by atoms with Crippen molar-refractivity contribution in [3.63, 3.8) is 0 Å². The molecule has 53 heavy (non-hydrogen) atoms. The van der Waals surface area contributed by atoms with Crippen LogP contribution in [0.5, 0.6) is 23.0 Å². The monoisotopic (exact) mass is 728 g/mol. The summed E-state index contributed by atoms with van der Waals surface area (Å²) in [5, 5.41) is 21.7. The zero-order chi connectivity index (χ0) is 37.9. The Hall–Kier alpha value is -4.10. The van der Waals surface area contributed by atoms with Gasteiger partial charge in [0.25, 0.3) is 0 Å². The first-order valence-corrected chi connectivity index (χ1v) is 20.3. The predicted octanol–water partition coefficient (Wildman–Crippen LogP) is 12.4. The number of phenolic OH excluding ortho intramolecular Hbond substituents is 1. The molecular weight excluding hydrogens is 664 g/mol. The van der Waals surface area contributed by atoms with Gasteiger partial charge in [0, 0.05) is 36.1 Å². The summed E-state index contributed by atoms with van der Waals surface area (Å²) in [5.74, 6) is 0.259. The first-order valence-electron chi connectivity index (χ1n) is 20.3. The van der Waals surface area contributed by atoms with E-state index in [1.807, 2.05) is 30.3 Å². The molecule has 0 saturated carbocycles. The Morgan fingerprint density at radius 2 is 1.15 bits per heavy atom. The first kappa shape index (κ1) is 43.3. The van der Waals surface area contributed by atoms with Gasteiger partial charge < -0.3 is 24.4 Å². The molecule has 0 bridgehead atoms. The largest absolute Gasteiger partial charge is 0.507 e. The van der Waals surface area contributed by atoms with Crippen LogP contribution in [0.1, 0.15) is 165 Å². The van der Waals surface area contributed by atoms with Gasteiger partial charge >= 0.3 is 11.9 Å². The van der Waals surface area contributed by atoms with Crippen LogP contribution in [0.3, 0.4) is 0 Å². The summed E-state index contributed by atoms with van der Waals surface area (Å²) in [6.45, 7) is 4.80. The lowest BCUT2D eigenvalue weighted by Crippen LogP contribution is -2.10. The zero-order valence-corrected chi connectivity index (χ0v) is 32.4. The van der Waals surface area contributed by atoms with Gasteiger partial charge in [-0.2, -0.15) is 0 Å². The molecule has 0 aliphatic rings. The van der Waals surface area contributed by atoms with Crippen molar-refractivity contribution in [2.45, 2.75) is 155 Å². The van der Waals surface area contributed by atoms with E-state index in [2.05, 4.69) is 13.8 Å². The fourth-order valence-corrected chi connectivity index (χ4v) is 6.22. The molecule has 7 nitrogen and oxygen atoms in total. The van der Waals surface area contributed by atoms with Crippen molar-refractivity contribution in [3.05, 3.63) is 89.5 Å². The molecule has 0 saturated heterocycles. The smallest absolute Gasteiger partial charge is 0.311 e. The molecule has 290 valence electrons. The van der Waals surface area contributed by atoms with Crippen LogP contribution in [0, 0.1) is 0 Å². The summed E-state index contributed by atoms with van der Waals surface area (Å²) in [4.78, 5) is 25.6. The minimum atomic E-state index is -1.14. The van der Waals surface area contributed by atoms with Gasteiger partial charge in [0.2, 0.25) is 0 Å². The summed E-state index contributed by atoms with van der Waals surface area (Å²) in [6.07, 6.45) is 23.5. The number of rotatable bonds is 28. The normalized spacial score (nSPS) is 11.8. The summed E-state index contributed by atoms with van der Waals surface area (Å²) >= 11 is 0. The van der Waals surface area contributed by atoms with E-state index >= 15 is 0 Å². The lowest BCUT2D eigenvalue weighted by Gasteiger charge is -2.13. The van der Waals surface area contributed by atoms with Crippen molar-refractivity contribution in [2.75, 3.05) is 0 Å². The second-order valence-corrected chi connectivity index (χ2v) is 14.1. The molecule has 1 atom stereocenters. The average molecular weight is 729 g/mol. The number of benzene rings is 3. The molecule has 0 heterocycles. The lowest BCUT2D eigenvalue weighted by molar-refractivity contribution is -0.135. The van der Waals surface area contributed by atoms with Gasteiger partial charge in [0.15, 0.2) is 0 Å². The number of aromatic hydroxyl groups is 1. The fraction of sp³-hybridized carbons (Fsp3) is 0.522. The van der Waals surface area contributed by atoms with Crippen molar-refractivity contribution in [1.82, 2.24) is 0 Å². The van der Waals surface area contributed by atoms with Crippen molar-refractivity contribution in [1.29, 1.82) is 0 Å². The van der Waals surface area contributed by atoms with Crippen LogP contribution in [-0.4, -0.2) is 22.2 Å². The molecule has 3 rings (SSSR count). The highest BCUT2D eigenvalue weighted by atomic mass is 16.5. The van der Waals surface area contributed by atoms with E-state index < -0.39 is 6.10 Å². The molecule has 0 fully saturated rings. The number of esters is 2. The molecule has 3 aromatic carbocycles. The maximum absolute atomic E-state index is 12.9. The van der Waals surface area contributed by atoms with Crippen LogP contribution in [0.15, 0.2) is 72.8 Å². The number of ether oxygens (including phenoxy) is 3. The third-order valence-electron chi connectivity index (χ3n) is 9.44. The van der Waals surface area contributed by atoms with E-state index in [4.69, 9.17) is 14.2 Å². The van der Waals surface area contributed by atoms with Gasteiger partial charge in [0.05, 0.1) is 0 Å². The summed E-state index contributed by atoms with van der Waals surface area (Å²) in [7, 11) is 0. The SMILES string of the molecule is CCCCCCCCCCCC(=O)Oc1ccc(C=CC(O)c2ccc(OCc3ccccc3)cc2O)c(OC(=O)CCCCCCCCCCC)c1. The number of hydrogen-bond donors (Lipinski definition) is 2. The number of aliphatic hydroxyl groups excluding tert-OH is 1. The quantitative estimate of drug-likeness (QED) is 0.0436. The Kier molecular flexibility index (Phi) is 21.8. The molecule has 7 heteroatoms. The molecule has 0 spiro atoms. The molecule has 0 aliphatic carbocycles. The number of carbonyl (C=O) groups excluding carboxylic acids is 2.